The van der Waals surface area contributed by atoms with Crippen LogP contribution in [0.1, 0.15) is 17.3 Å². The highest BCUT2D eigenvalue weighted by molar-refractivity contribution is 9.10. The van der Waals surface area contributed by atoms with Crippen LogP contribution in [-0.2, 0) is 4.74 Å². The Hall–Kier alpha value is -2.67. The minimum atomic E-state index is -0.911. The van der Waals surface area contributed by atoms with Crippen LogP contribution in [0.3, 0.4) is 0 Å². The minimum Gasteiger partial charge on any atom is -0.493 e. The van der Waals surface area contributed by atoms with Crippen molar-refractivity contribution < 1.29 is 19.0 Å². The van der Waals surface area contributed by atoms with E-state index in [4.69, 9.17) is 4.74 Å². The van der Waals surface area contributed by atoms with E-state index in [0.29, 0.717) is 15.7 Å². The summed E-state index contributed by atoms with van der Waals surface area (Å²) >= 11 is 3.32. The van der Waals surface area contributed by atoms with Gasteiger partial charge in [0, 0.05) is 15.5 Å². The van der Waals surface area contributed by atoms with Gasteiger partial charge in [-0.3, -0.25) is 9.36 Å². The summed E-state index contributed by atoms with van der Waals surface area (Å²) in [5, 5.41) is 10.9. The normalized spacial score (nSPS) is 10.8. The van der Waals surface area contributed by atoms with Crippen molar-refractivity contribution in [2.45, 2.75) is 6.92 Å². The molecule has 25 heavy (non-hydrogen) atoms. The second-order valence-electron chi connectivity index (χ2n) is 5.22. The Labute approximate surface area is 150 Å². The van der Waals surface area contributed by atoms with Gasteiger partial charge >= 0.3 is 5.97 Å². The third-order valence-corrected chi connectivity index (χ3v) is 4.17. The van der Waals surface area contributed by atoms with Gasteiger partial charge in [-0.2, -0.15) is 0 Å². The second kappa shape index (κ2) is 6.68. The van der Waals surface area contributed by atoms with Gasteiger partial charge in [-0.25, -0.2) is 9.18 Å². The Kier molecular flexibility index (Phi) is 4.59. The molecule has 3 aromatic rings. The predicted octanol–water partition coefficient (Wildman–Crippen LogP) is 3.77. The van der Waals surface area contributed by atoms with Gasteiger partial charge in [-0.15, -0.1) is 0 Å². The smallest absolute Gasteiger partial charge is 0.347 e. The lowest BCUT2D eigenvalue weighted by Gasteiger charge is -2.16. The average Bonchev–Trinajstić information content (AvgIpc) is 2.56. The van der Waals surface area contributed by atoms with Gasteiger partial charge in [-0.1, -0.05) is 15.9 Å². The zero-order chi connectivity index (χ0) is 18.1. The molecule has 0 spiro atoms. The molecule has 0 unspecified atom stereocenters. The third-order valence-electron chi connectivity index (χ3n) is 3.67. The summed E-state index contributed by atoms with van der Waals surface area (Å²) in [7, 11) is 0. The van der Waals surface area contributed by atoms with Crippen LogP contribution in [0.5, 0.6) is 5.88 Å². The molecule has 0 saturated heterocycles. The number of nitrogens with zero attached hydrogens (tertiary/aromatic N) is 1. The number of halogens is 2. The molecule has 0 fully saturated rings. The number of fused-ring (bicyclic) bond motifs is 1. The fourth-order valence-electron chi connectivity index (χ4n) is 2.58. The number of aromatic nitrogens is 1. The fourth-order valence-corrected chi connectivity index (χ4v) is 2.93. The average molecular weight is 406 g/mol. The summed E-state index contributed by atoms with van der Waals surface area (Å²) in [5.41, 5.74) is -0.318. The second-order valence-corrected chi connectivity index (χ2v) is 6.14. The van der Waals surface area contributed by atoms with Crippen molar-refractivity contribution in [3.8, 4) is 11.6 Å². The first-order valence-electron chi connectivity index (χ1n) is 7.44. The highest BCUT2D eigenvalue weighted by Crippen LogP contribution is 2.28. The predicted molar refractivity (Wildman–Crippen MR) is 94.8 cm³/mol. The van der Waals surface area contributed by atoms with E-state index >= 15 is 0 Å². The lowest BCUT2D eigenvalue weighted by atomic mass is 10.1. The minimum absolute atomic E-state index is 0.0621. The number of esters is 1. The third kappa shape index (κ3) is 3.02. The largest absolute Gasteiger partial charge is 0.493 e. The first-order valence-corrected chi connectivity index (χ1v) is 8.23. The van der Waals surface area contributed by atoms with Gasteiger partial charge in [0.2, 0.25) is 11.3 Å². The molecule has 0 amide bonds. The molecule has 0 bridgehead atoms. The van der Waals surface area contributed by atoms with E-state index in [-0.39, 0.29) is 12.0 Å². The topological polar surface area (TPSA) is 68.5 Å². The van der Waals surface area contributed by atoms with Crippen molar-refractivity contribution in [1.82, 2.24) is 4.57 Å². The highest BCUT2D eigenvalue weighted by Gasteiger charge is 2.24. The number of ether oxygens (including phenoxy) is 1. The Bertz CT molecular complexity index is 1030. The molecule has 0 saturated carbocycles. The number of pyridine rings is 1. The van der Waals surface area contributed by atoms with Crippen LogP contribution < -0.4 is 5.43 Å². The molecule has 0 aliphatic carbocycles. The summed E-state index contributed by atoms with van der Waals surface area (Å²) in [4.78, 5) is 24.8. The zero-order valence-corrected chi connectivity index (χ0v) is 14.7. The van der Waals surface area contributed by atoms with Crippen molar-refractivity contribution in [3.05, 3.63) is 68.5 Å². The van der Waals surface area contributed by atoms with Crippen molar-refractivity contribution in [1.29, 1.82) is 0 Å². The molecule has 3 rings (SSSR count). The van der Waals surface area contributed by atoms with Crippen LogP contribution in [0, 0.1) is 5.82 Å². The molecule has 1 heterocycles. The number of benzene rings is 2. The summed E-state index contributed by atoms with van der Waals surface area (Å²) in [6, 6.07) is 10.2. The molecule has 5 nitrogen and oxygen atoms in total. The zero-order valence-electron chi connectivity index (χ0n) is 13.1. The quantitative estimate of drug-likeness (QED) is 0.673. The monoisotopic (exact) mass is 405 g/mol. The van der Waals surface area contributed by atoms with E-state index < -0.39 is 28.7 Å². The van der Waals surface area contributed by atoms with Crippen LogP contribution in [0.25, 0.3) is 16.6 Å². The lowest BCUT2D eigenvalue weighted by Crippen LogP contribution is -2.21. The Morgan fingerprint density at radius 3 is 2.56 bits per heavy atom. The maximum Gasteiger partial charge on any atom is 0.347 e. The summed E-state index contributed by atoms with van der Waals surface area (Å²) in [6.07, 6.45) is 0. The van der Waals surface area contributed by atoms with E-state index in [1.54, 1.807) is 25.1 Å². The molecular formula is C18H13BrFNO4. The highest BCUT2D eigenvalue weighted by atomic mass is 79.9. The van der Waals surface area contributed by atoms with Crippen molar-refractivity contribution in [3.63, 3.8) is 0 Å². The van der Waals surface area contributed by atoms with E-state index in [2.05, 4.69) is 15.9 Å². The first kappa shape index (κ1) is 17.2. The number of rotatable bonds is 3. The Balaban J connectivity index is 2.44. The molecule has 2 aromatic carbocycles. The van der Waals surface area contributed by atoms with Crippen LogP contribution in [-0.4, -0.2) is 22.2 Å². The van der Waals surface area contributed by atoms with Gasteiger partial charge < -0.3 is 9.84 Å². The first-order chi connectivity index (χ1) is 11.9. The van der Waals surface area contributed by atoms with Gasteiger partial charge in [0.25, 0.3) is 0 Å². The van der Waals surface area contributed by atoms with E-state index in [1.165, 1.54) is 28.8 Å². The molecule has 0 aliphatic heterocycles. The fraction of sp³-hybridized carbons (Fsp3) is 0.111. The molecule has 1 aromatic heterocycles. The van der Waals surface area contributed by atoms with E-state index in [0.717, 1.165) is 0 Å². The lowest BCUT2D eigenvalue weighted by molar-refractivity contribution is 0.0520. The number of aromatic hydroxyl groups is 1. The maximum absolute atomic E-state index is 13.2. The van der Waals surface area contributed by atoms with Crippen molar-refractivity contribution >= 4 is 32.8 Å². The molecule has 128 valence electrons. The van der Waals surface area contributed by atoms with Crippen LogP contribution in [0.15, 0.2) is 51.7 Å². The van der Waals surface area contributed by atoms with E-state index in [9.17, 15) is 19.1 Å². The molecule has 1 N–H and O–H groups in total. The van der Waals surface area contributed by atoms with Crippen LogP contribution in [0.2, 0.25) is 0 Å². The van der Waals surface area contributed by atoms with Crippen molar-refractivity contribution in [2.75, 3.05) is 6.61 Å². The van der Waals surface area contributed by atoms with Gasteiger partial charge in [0.15, 0.2) is 5.56 Å². The summed E-state index contributed by atoms with van der Waals surface area (Å²) in [5.74, 6) is -1.91. The van der Waals surface area contributed by atoms with Gasteiger partial charge in [0.1, 0.15) is 5.82 Å². The molecule has 0 radical (unpaired) electrons. The number of hydrogen-bond donors (Lipinski definition) is 1. The Morgan fingerprint density at radius 1 is 1.24 bits per heavy atom. The summed E-state index contributed by atoms with van der Waals surface area (Å²) in [6.45, 7) is 1.66. The Morgan fingerprint density at radius 2 is 1.92 bits per heavy atom. The SMILES string of the molecule is CCOC(=O)c1c(O)n(-c2ccc(F)cc2)c2cc(Br)ccc2c1=O. The maximum atomic E-state index is 13.2. The standard InChI is InChI=1S/C18H13BrFNO4/c1-2-25-18(24)15-16(22)13-8-3-10(19)9-14(13)21(17(15)23)12-6-4-11(20)5-7-12/h3-9,23H,2H2,1H3. The number of carbonyl (C=O) groups is 1. The van der Waals surface area contributed by atoms with Gasteiger partial charge in [0.05, 0.1) is 12.1 Å². The number of hydrogen-bond acceptors (Lipinski definition) is 4. The molecule has 0 atom stereocenters. The van der Waals surface area contributed by atoms with Gasteiger partial charge in [-0.05, 0) is 49.4 Å². The number of carbonyl (C=O) groups excluding carboxylic acids is 1. The van der Waals surface area contributed by atoms with Crippen LogP contribution >= 0.6 is 15.9 Å². The molecule has 7 heteroatoms. The van der Waals surface area contributed by atoms with Crippen molar-refractivity contribution in [2.24, 2.45) is 0 Å². The summed E-state index contributed by atoms with van der Waals surface area (Å²) < 4.78 is 20.1. The van der Waals surface area contributed by atoms with E-state index in [1.807, 2.05) is 0 Å². The van der Waals surface area contributed by atoms with Crippen LogP contribution in [0.4, 0.5) is 4.39 Å². The molecular weight excluding hydrogens is 393 g/mol. The molecule has 0 aliphatic rings.